The van der Waals surface area contributed by atoms with E-state index in [1.165, 1.54) is 25.7 Å². The van der Waals surface area contributed by atoms with Crippen molar-refractivity contribution in [2.45, 2.75) is 78.9 Å². The second-order valence-corrected chi connectivity index (χ2v) is 6.62. The quantitative estimate of drug-likeness (QED) is 0.773. The minimum atomic E-state index is 0.254. The first kappa shape index (κ1) is 16.2. The SMILES string of the molecule is CCCC(CCC)NC(Cn1ccnc1)C(C)(C)C. The molecule has 1 N–H and O–H groups in total. The van der Waals surface area contributed by atoms with Crippen molar-refractivity contribution in [3.05, 3.63) is 18.7 Å². The van der Waals surface area contributed by atoms with Gasteiger partial charge < -0.3 is 9.88 Å². The van der Waals surface area contributed by atoms with Crippen LogP contribution >= 0.6 is 0 Å². The summed E-state index contributed by atoms with van der Waals surface area (Å²) in [6.45, 7) is 12.5. The molecule has 1 aromatic heterocycles. The van der Waals surface area contributed by atoms with E-state index in [-0.39, 0.29) is 5.41 Å². The summed E-state index contributed by atoms with van der Waals surface area (Å²) in [4.78, 5) is 4.14. The Balaban J connectivity index is 2.67. The highest BCUT2D eigenvalue weighted by atomic mass is 15.1. The number of hydrogen-bond acceptors (Lipinski definition) is 2. The molecule has 1 aromatic rings. The Kier molecular flexibility index (Phi) is 6.56. The summed E-state index contributed by atoms with van der Waals surface area (Å²) in [6, 6.07) is 1.12. The van der Waals surface area contributed by atoms with E-state index in [0.29, 0.717) is 12.1 Å². The summed E-state index contributed by atoms with van der Waals surface area (Å²) in [5, 5.41) is 3.89. The molecule has 0 amide bonds. The molecule has 0 fully saturated rings. The Morgan fingerprint density at radius 3 is 2.21 bits per heavy atom. The van der Waals surface area contributed by atoms with Crippen molar-refractivity contribution in [3.8, 4) is 0 Å². The molecule has 0 aliphatic carbocycles. The Bertz CT molecular complexity index is 318. The summed E-state index contributed by atoms with van der Waals surface area (Å²) in [5.74, 6) is 0. The van der Waals surface area contributed by atoms with Crippen molar-refractivity contribution in [2.75, 3.05) is 0 Å². The molecule has 1 heterocycles. The zero-order valence-electron chi connectivity index (χ0n) is 13.3. The van der Waals surface area contributed by atoms with Gasteiger partial charge in [-0.25, -0.2) is 4.98 Å². The van der Waals surface area contributed by atoms with Gasteiger partial charge in [0.05, 0.1) is 6.33 Å². The molecule has 1 rings (SSSR count). The highest BCUT2D eigenvalue weighted by Crippen LogP contribution is 2.22. The topological polar surface area (TPSA) is 29.9 Å². The predicted octanol–water partition coefficient (Wildman–Crippen LogP) is 3.86. The average Bonchev–Trinajstić information content (AvgIpc) is 2.80. The van der Waals surface area contributed by atoms with Crippen molar-refractivity contribution in [1.82, 2.24) is 14.9 Å². The van der Waals surface area contributed by atoms with Crippen LogP contribution in [-0.2, 0) is 6.54 Å². The zero-order valence-corrected chi connectivity index (χ0v) is 13.3. The second-order valence-electron chi connectivity index (χ2n) is 6.62. The molecule has 0 aliphatic rings. The fourth-order valence-electron chi connectivity index (χ4n) is 2.47. The summed E-state index contributed by atoms with van der Waals surface area (Å²) in [5.41, 5.74) is 0.254. The number of aromatic nitrogens is 2. The first-order valence-electron chi connectivity index (χ1n) is 7.69. The molecular formula is C16H31N3. The molecule has 0 aliphatic heterocycles. The maximum Gasteiger partial charge on any atom is 0.0946 e. The van der Waals surface area contributed by atoms with Crippen LogP contribution in [-0.4, -0.2) is 21.6 Å². The fraction of sp³-hybridized carbons (Fsp3) is 0.812. The molecule has 110 valence electrons. The smallest absolute Gasteiger partial charge is 0.0946 e. The van der Waals surface area contributed by atoms with Gasteiger partial charge in [0.15, 0.2) is 0 Å². The standard InChI is InChI=1S/C16H31N3/c1-6-8-14(9-7-2)18-15(16(3,4)5)12-19-11-10-17-13-19/h10-11,13-15,18H,6-9,12H2,1-5H3. The van der Waals surface area contributed by atoms with E-state index in [1.807, 2.05) is 12.5 Å². The van der Waals surface area contributed by atoms with E-state index < -0.39 is 0 Å². The Hall–Kier alpha value is -0.830. The molecule has 3 heteroatoms. The normalized spacial score (nSPS) is 14.0. The number of nitrogens with zero attached hydrogens (tertiary/aromatic N) is 2. The van der Waals surface area contributed by atoms with E-state index in [9.17, 15) is 0 Å². The summed E-state index contributed by atoms with van der Waals surface area (Å²) >= 11 is 0. The van der Waals surface area contributed by atoms with Gasteiger partial charge in [0.25, 0.3) is 0 Å². The Morgan fingerprint density at radius 2 is 1.79 bits per heavy atom. The van der Waals surface area contributed by atoms with E-state index in [0.717, 1.165) is 6.54 Å². The molecule has 0 saturated carbocycles. The van der Waals surface area contributed by atoms with E-state index in [2.05, 4.69) is 55.7 Å². The van der Waals surface area contributed by atoms with Gasteiger partial charge in [0.1, 0.15) is 0 Å². The van der Waals surface area contributed by atoms with Gasteiger partial charge in [0.2, 0.25) is 0 Å². The minimum Gasteiger partial charge on any atom is -0.336 e. The summed E-state index contributed by atoms with van der Waals surface area (Å²) < 4.78 is 2.18. The number of hydrogen-bond donors (Lipinski definition) is 1. The van der Waals surface area contributed by atoms with Gasteiger partial charge in [-0.3, -0.25) is 0 Å². The molecule has 0 saturated heterocycles. The van der Waals surface area contributed by atoms with Crippen molar-refractivity contribution in [3.63, 3.8) is 0 Å². The lowest BCUT2D eigenvalue weighted by Crippen LogP contribution is -2.48. The second kappa shape index (κ2) is 7.68. The Morgan fingerprint density at radius 1 is 1.16 bits per heavy atom. The third-order valence-corrected chi connectivity index (χ3v) is 3.71. The molecule has 0 aromatic carbocycles. The van der Waals surface area contributed by atoms with Crippen LogP contribution in [0.2, 0.25) is 0 Å². The van der Waals surface area contributed by atoms with Crippen molar-refractivity contribution in [1.29, 1.82) is 0 Å². The Labute approximate surface area is 118 Å². The van der Waals surface area contributed by atoms with Crippen LogP contribution in [0.5, 0.6) is 0 Å². The van der Waals surface area contributed by atoms with Crippen molar-refractivity contribution in [2.24, 2.45) is 5.41 Å². The first-order chi connectivity index (χ1) is 8.97. The highest BCUT2D eigenvalue weighted by Gasteiger charge is 2.26. The summed E-state index contributed by atoms with van der Waals surface area (Å²) in [7, 11) is 0. The molecule has 0 spiro atoms. The van der Waals surface area contributed by atoms with Gasteiger partial charge in [-0.05, 0) is 18.3 Å². The highest BCUT2D eigenvalue weighted by molar-refractivity contribution is 4.86. The third kappa shape index (κ3) is 5.77. The van der Waals surface area contributed by atoms with E-state index >= 15 is 0 Å². The van der Waals surface area contributed by atoms with Crippen LogP contribution in [0, 0.1) is 5.41 Å². The van der Waals surface area contributed by atoms with Crippen LogP contribution in [0.3, 0.4) is 0 Å². The average molecular weight is 265 g/mol. The number of imidazole rings is 1. The molecule has 1 atom stereocenters. The van der Waals surface area contributed by atoms with E-state index in [4.69, 9.17) is 0 Å². The number of nitrogens with one attached hydrogen (secondary N) is 1. The predicted molar refractivity (Wildman–Crippen MR) is 82.2 cm³/mol. The van der Waals surface area contributed by atoms with Crippen LogP contribution in [0.15, 0.2) is 18.7 Å². The number of rotatable bonds is 8. The molecular weight excluding hydrogens is 234 g/mol. The van der Waals surface area contributed by atoms with Crippen LogP contribution in [0.25, 0.3) is 0 Å². The van der Waals surface area contributed by atoms with Crippen LogP contribution < -0.4 is 5.32 Å². The van der Waals surface area contributed by atoms with E-state index in [1.54, 1.807) is 0 Å². The van der Waals surface area contributed by atoms with Crippen molar-refractivity contribution < 1.29 is 0 Å². The van der Waals surface area contributed by atoms with Crippen molar-refractivity contribution >= 4 is 0 Å². The molecule has 1 unspecified atom stereocenters. The largest absolute Gasteiger partial charge is 0.336 e. The lowest BCUT2D eigenvalue weighted by atomic mass is 9.85. The molecule has 3 nitrogen and oxygen atoms in total. The maximum absolute atomic E-state index is 4.14. The van der Waals surface area contributed by atoms with Gasteiger partial charge in [-0.2, -0.15) is 0 Å². The monoisotopic (exact) mass is 265 g/mol. The third-order valence-electron chi connectivity index (χ3n) is 3.71. The van der Waals surface area contributed by atoms with Gasteiger partial charge >= 0.3 is 0 Å². The molecule has 0 bridgehead atoms. The maximum atomic E-state index is 4.14. The minimum absolute atomic E-state index is 0.254. The first-order valence-corrected chi connectivity index (χ1v) is 7.69. The fourth-order valence-corrected chi connectivity index (χ4v) is 2.47. The van der Waals surface area contributed by atoms with Crippen LogP contribution in [0.4, 0.5) is 0 Å². The zero-order chi connectivity index (χ0) is 14.3. The molecule has 19 heavy (non-hydrogen) atoms. The van der Waals surface area contributed by atoms with Crippen LogP contribution in [0.1, 0.15) is 60.3 Å². The van der Waals surface area contributed by atoms with Gasteiger partial charge in [0, 0.05) is 31.0 Å². The van der Waals surface area contributed by atoms with Gasteiger partial charge in [-0.15, -0.1) is 0 Å². The molecule has 0 radical (unpaired) electrons. The van der Waals surface area contributed by atoms with Gasteiger partial charge in [-0.1, -0.05) is 47.5 Å². The lowest BCUT2D eigenvalue weighted by molar-refractivity contribution is 0.213. The lowest BCUT2D eigenvalue weighted by Gasteiger charge is -2.35. The summed E-state index contributed by atoms with van der Waals surface area (Å²) in [6.07, 6.45) is 10.9.